The lowest BCUT2D eigenvalue weighted by molar-refractivity contribution is -0.0399. The third-order valence-corrected chi connectivity index (χ3v) is 12.3. The molecule has 4 fully saturated rings. The van der Waals surface area contributed by atoms with Gasteiger partial charge in [0.15, 0.2) is 0 Å². The number of hydrogen-bond donors (Lipinski definition) is 0. The van der Waals surface area contributed by atoms with Gasteiger partial charge in [-0.15, -0.1) is 0 Å². The van der Waals surface area contributed by atoms with E-state index in [0.717, 1.165) is 23.7 Å². The number of hydrogen-bond acceptors (Lipinski definition) is 1. The Bertz CT molecular complexity index is 2090. The predicted octanol–water partition coefficient (Wildman–Crippen LogP) is 12.0. The van der Waals surface area contributed by atoms with Crippen LogP contribution in [-0.4, -0.2) is 0 Å². The van der Waals surface area contributed by atoms with E-state index in [0.29, 0.717) is 0 Å². The number of fused-ring (bicyclic) bond motifs is 4. The molecule has 0 heterocycles. The van der Waals surface area contributed by atoms with Gasteiger partial charge in [0.05, 0.1) is 0 Å². The van der Waals surface area contributed by atoms with E-state index in [1.165, 1.54) is 87.8 Å². The molecule has 0 aromatic heterocycles. The van der Waals surface area contributed by atoms with Crippen LogP contribution in [0.15, 0.2) is 133 Å². The summed E-state index contributed by atoms with van der Waals surface area (Å²) in [5.41, 5.74) is 14.0. The van der Waals surface area contributed by atoms with E-state index in [1.54, 1.807) is 11.1 Å². The second-order valence-electron chi connectivity index (χ2n) is 14.7. The lowest BCUT2D eigenvalue weighted by Crippen LogP contribution is -2.55. The van der Waals surface area contributed by atoms with Crippen LogP contribution in [0.2, 0.25) is 0 Å². The Morgan fingerprint density at radius 2 is 1.13 bits per heavy atom. The maximum absolute atomic E-state index is 2.55. The minimum atomic E-state index is 0.188. The number of rotatable bonds is 4. The van der Waals surface area contributed by atoms with Crippen molar-refractivity contribution in [2.45, 2.75) is 44.4 Å². The smallest absolute Gasteiger partial charge is 0.0468 e. The minimum absolute atomic E-state index is 0.188. The van der Waals surface area contributed by atoms with Crippen LogP contribution in [0.1, 0.15) is 48.8 Å². The zero-order valence-electron chi connectivity index (χ0n) is 26.5. The Labute approximate surface area is 272 Å². The van der Waals surface area contributed by atoms with Crippen molar-refractivity contribution in [3.05, 3.63) is 150 Å². The summed E-state index contributed by atoms with van der Waals surface area (Å²) in [6, 6.07) is 50.2. The third kappa shape index (κ3) is 3.75. The number of anilines is 3. The topological polar surface area (TPSA) is 3.24 Å². The quantitative estimate of drug-likeness (QED) is 0.196. The summed E-state index contributed by atoms with van der Waals surface area (Å²) in [5.74, 6) is 3.45. The lowest BCUT2D eigenvalue weighted by atomic mass is 9.43. The molecule has 5 aliphatic rings. The molecular weight excluding hydrogens is 555 g/mol. The summed E-state index contributed by atoms with van der Waals surface area (Å²) in [7, 11) is 0. The van der Waals surface area contributed by atoms with Gasteiger partial charge in [-0.2, -0.15) is 0 Å². The molecule has 4 bridgehead atoms. The van der Waals surface area contributed by atoms with Crippen molar-refractivity contribution >= 4 is 27.8 Å². The maximum atomic E-state index is 2.55. The summed E-state index contributed by atoms with van der Waals surface area (Å²) in [5, 5.41) is 2.54. The van der Waals surface area contributed by atoms with Gasteiger partial charge in [0.1, 0.15) is 0 Å². The molecule has 0 radical (unpaired) electrons. The molecule has 1 nitrogen and oxygen atoms in total. The monoisotopic (exact) mass is 593 g/mol. The van der Waals surface area contributed by atoms with E-state index in [4.69, 9.17) is 0 Å². The third-order valence-electron chi connectivity index (χ3n) is 12.3. The Balaban J connectivity index is 1.16. The first-order chi connectivity index (χ1) is 22.7. The van der Waals surface area contributed by atoms with Crippen molar-refractivity contribution in [1.29, 1.82) is 0 Å². The van der Waals surface area contributed by atoms with Crippen LogP contribution in [0.5, 0.6) is 0 Å². The maximum Gasteiger partial charge on any atom is 0.0468 e. The molecule has 1 spiro atoms. The van der Waals surface area contributed by atoms with Crippen LogP contribution in [-0.2, 0) is 5.41 Å². The van der Waals surface area contributed by atoms with Gasteiger partial charge in [0, 0.05) is 22.5 Å². The fourth-order valence-electron chi connectivity index (χ4n) is 10.8. The van der Waals surface area contributed by atoms with E-state index in [-0.39, 0.29) is 5.41 Å². The van der Waals surface area contributed by atoms with Crippen LogP contribution in [0, 0.1) is 30.6 Å². The Morgan fingerprint density at radius 3 is 1.89 bits per heavy atom. The van der Waals surface area contributed by atoms with Gasteiger partial charge in [-0.3, -0.25) is 0 Å². The first kappa shape index (κ1) is 26.6. The van der Waals surface area contributed by atoms with Gasteiger partial charge in [0.25, 0.3) is 0 Å². The Kier molecular flexibility index (Phi) is 5.74. The van der Waals surface area contributed by atoms with E-state index in [2.05, 4.69) is 145 Å². The van der Waals surface area contributed by atoms with Gasteiger partial charge < -0.3 is 4.90 Å². The van der Waals surface area contributed by atoms with Crippen molar-refractivity contribution in [2.24, 2.45) is 23.7 Å². The van der Waals surface area contributed by atoms with E-state index in [1.807, 2.05) is 0 Å². The van der Waals surface area contributed by atoms with Gasteiger partial charge in [-0.1, -0.05) is 97.1 Å². The van der Waals surface area contributed by atoms with Crippen molar-refractivity contribution < 1.29 is 0 Å². The lowest BCUT2D eigenvalue weighted by Gasteiger charge is -2.61. The van der Waals surface area contributed by atoms with Gasteiger partial charge in [-0.05, 0) is 149 Å². The average molecular weight is 594 g/mol. The highest BCUT2D eigenvalue weighted by Crippen LogP contribution is 2.69. The average Bonchev–Trinajstić information content (AvgIpc) is 3.39. The minimum Gasteiger partial charge on any atom is -0.310 e. The molecule has 0 aliphatic heterocycles. The molecule has 6 aromatic rings. The summed E-state index contributed by atoms with van der Waals surface area (Å²) in [6.07, 6.45) is 7.15. The standard InChI is InChI=1S/C45H39N/c1-29-8-7-13-43-44(29)41-28-40(20-21-42(41)45(43)36-23-30-22-31(25-36)26-37(45)24-30)46(39-19-16-33-11-5-6-12-35(33)27-39)38-17-14-34(15-18-38)32-9-3-2-4-10-32/h2-21,27-28,30-31,36-37H,22-26H2,1H3. The van der Waals surface area contributed by atoms with Crippen molar-refractivity contribution in [3.8, 4) is 22.3 Å². The fraction of sp³-hybridized carbons (Fsp3) is 0.244. The highest BCUT2D eigenvalue weighted by Gasteiger charge is 2.61. The van der Waals surface area contributed by atoms with E-state index < -0.39 is 0 Å². The normalized spacial score (nSPS) is 25.2. The number of benzene rings is 6. The summed E-state index contributed by atoms with van der Waals surface area (Å²) >= 11 is 0. The molecular formula is C45H39N. The van der Waals surface area contributed by atoms with Crippen molar-refractivity contribution in [1.82, 2.24) is 0 Å². The summed E-state index contributed by atoms with van der Waals surface area (Å²) in [6.45, 7) is 2.34. The molecule has 5 aliphatic carbocycles. The van der Waals surface area contributed by atoms with Crippen LogP contribution >= 0.6 is 0 Å². The molecule has 11 rings (SSSR count). The molecule has 0 atom stereocenters. The van der Waals surface area contributed by atoms with Gasteiger partial charge in [-0.25, -0.2) is 0 Å². The van der Waals surface area contributed by atoms with E-state index >= 15 is 0 Å². The van der Waals surface area contributed by atoms with Crippen LogP contribution in [0.25, 0.3) is 33.0 Å². The number of nitrogens with zero attached hydrogens (tertiary/aromatic N) is 1. The molecule has 0 saturated heterocycles. The van der Waals surface area contributed by atoms with Gasteiger partial charge in [0.2, 0.25) is 0 Å². The molecule has 0 N–H and O–H groups in total. The first-order valence-electron chi connectivity index (χ1n) is 17.4. The fourth-order valence-corrected chi connectivity index (χ4v) is 10.8. The van der Waals surface area contributed by atoms with Crippen molar-refractivity contribution in [2.75, 3.05) is 4.90 Å². The second kappa shape index (κ2) is 9.94. The zero-order chi connectivity index (χ0) is 30.4. The molecule has 0 amide bonds. The SMILES string of the molecule is Cc1cccc2c1-c1cc(N(c3ccc(-c4ccccc4)cc3)c3ccc4ccccc4c3)ccc1C21C2CC3CC(C2)CC1C3. The zero-order valence-corrected chi connectivity index (χ0v) is 26.5. The summed E-state index contributed by atoms with van der Waals surface area (Å²) in [4.78, 5) is 2.47. The van der Waals surface area contributed by atoms with E-state index in [9.17, 15) is 0 Å². The highest BCUT2D eigenvalue weighted by atomic mass is 15.1. The number of aryl methyl sites for hydroxylation is 1. The Hall–Kier alpha value is -4.62. The molecule has 224 valence electrons. The van der Waals surface area contributed by atoms with Gasteiger partial charge >= 0.3 is 0 Å². The van der Waals surface area contributed by atoms with Crippen LogP contribution in [0.4, 0.5) is 17.1 Å². The molecule has 4 saturated carbocycles. The molecule has 0 unspecified atom stereocenters. The highest BCUT2D eigenvalue weighted by molar-refractivity contribution is 5.92. The molecule has 1 heteroatoms. The second-order valence-corrected chi connectivity index (χ2v) is 14.7. The summed E-state index contributed by atoms with van der Waals surface area (Å²) < 4.78 is 0. The van der Waals surface area contributed by atoms with Crippen LogP contribution in [0.3, 0.4) is 0 Å². The largest absolute Gasteiger partial charge is 0.310 e. The molecule has 6 aromatic carbocycles. The van der Waals surface area contributed by atoms with Crippen molar-refractivity contribution in [3.63, 3.8) is 0 Å². The Morgan fingerprint density at radius 1 is 0.500 bits per heavy atom. The predicted molar refractivity (Wildman–Crippen MR) is 192 cm³/mol. The van der Waals surface area contributed by atoms with Crippen LogP contribution < -0.4 is 4.90 Å². The molecule has 46 heavy (non-hydrogen) atoms. The first-order valence-corrected chi connectivity index (χ1v) is 17.4.